The lowest BCUT2D eigenvalue weighted by Gasteiger charge is -2.32. The van der Waals surface area contributed by atoms with Crippen LogP contribution in [0.2, 0.25) is 5.02 Å². The summed E-state index contributed by atoms with van der Waals surface area (Å²) in [6, 6.07) is 5.20. The molecule has 1 fully saturated rings. The fraction of sp³-hybridized carbons (Fsp3) is 0.500. The van der Waals surface area contributed by atoms with E-state index in [-0.39, 0.29) is 11.3 Å². The standard InChI is InChI=1S/C14H19ClN2O2/c1-14(5-7-16-8-6-14)13(18)17-11-9-10(15)3-4-12(11)19-2/h3-4,9,16H,5-8H2,1-2H3,(H,17,18). The molecule has 0 unspecified atom stereocenters. The van der Waals surface area contributed by atoms with E-state index in [1.54, 1.807) is 25.3 Å². The van der Waals surface area contributed by atoms with Crippen molar-refractivity contribution in [2.45, 2.75) is 19.8 Å². The number of piperidine rings is 1. The molecule has 0 bridgehead atoms. The fourth-order valence-electron chi connectivity index (χ4n) is 2.26. The number of amides is 1. The highest BCUT2D eigenvalue weighted by atomic mass is 35.5. The van der Waals surface area contributed by atoms with Gasteiger partial charge >= 0.3 is 0 Å². The first-order valence-electron chi connectivity index (χ1n) is 6.41. The SMILES string of the molecule is COc1ccc(Cl)cc1NC(=O)C1(C)CCNCC1. The minimum atomic E-state index is -0.335. The van der Waals surface area contributed by atoms with Gasteiger partial charge in [-0.1, -0.05) is 18.5 Å². The smallest absolute Gasteiger partial charge is 0.230 e. The molecule has 1 amide bonds. The number of benzene rings is 1. The Bertz CT molecular complexity index is 471. The number of ether oxygens (including phenoxy) is 1. The maximum absolute atomic E-state index is 12.4. The van der Waals surface area contributed by atoms with Crippen LogP contribution in [0.15, 0.2) is 18.2 Å². The van der Waals surface area contributed by atoms with Crippen LogP contribution in [0.25, 0.3) is 0 Å². The van der Waals surface area contributed by atoms with Gasteiger partial charge in [-0.05, 0) is 44.1 Å². The molecule has 1 aliphatic rings. The van der Waals surface area contributed by atoms with E-state index in [2.05, 4.69) is 10.6 Å². The molecular formula is C14H19ClN2O2. The molecule has 1 aromatic carbocycles. The monoisotopic (exact) mass is 282 g/mol. The number of halogens is 1. The lowest BCUT2D eigenvalue weighted by molar-refractivity contribution is -0.126. The molecule has 1 aliphatic heterocycles. The number of anilines is 1. The molecule has 0 aliphatic carbocycles. The van der Waals surface area contributed by atoms with Crippen LogP contribution >= 0.6 is 11.6 Å². The number of methoxy groups -OCH3 is 1. The van der Waals surface area contributed by atoms with Crippen molar-refractivity contribution in [1.82, 2.24) is 5.32 Å². The van der Waals surface area contributed by atoms with Crippen molar-refractivity contribution in [1.29, 1.82) is 0 Å². The predicted octanol–water partition coefficient (Wildman–Crippen LogP) is 2.68. The summed E-state index contributed by atoms with van der Waals surface area (Å²) in [5.41, 5.74) is 0.290. The minimum absolute atomic E-state index is 0.0227. The second-order valence-electron chi connectivity index (χ2n) is 5.11. The summed E-state index contributed by atoms with van der Waals surface area (Å²) in [5, 5.41) is 6.78. The number of carbonyl (C=O) groups is 1. The molecule has 0 saturated carbocycles. The molecule has 2 N–H and O–H groups in total. The molecule has 1 aromatic rings. The maximum atomic E-state index is 12.4. The summed E-state index contributed by atoms with van der Waals surface area (Å²) in [4.78, 5) is 12.4. The van der Waals surface area contributed by atoms with Crippen LogP contribution in [0.5, 0.6) is 5.75 Å². The maximum Gasteiger partial charge on any atom is 0.230 e. The van der Waals surface area contributed by atoms with Crippen molar-refractivity contribution in [2.24, 2.45) is 5.41 Å². The van der Waals surface area contributed by atoms with Gasteiger partial charge in [-0.2, -0.15) is 0 Å². The number of rotatable bonds is 3. The van der Waals surface area contributed by atoms with Crippen LogP contribution in [0, 0.1) is 5.41 Å². The van der Waals surface area contributed by atoms with E-state index >= 15 is 0 Å². The number of hydrogen-bond donors (Lipinski definition) is 2. The van der Waals surface area contributed by atoms with Gasteiger partial charge in [-0.15, -0.1) is 0 Å². The zero-order chi connectivity index (χ0) is 13.9. The Labute approximate surface area is 118 Å². The molecule has 19 heavy (non-hydrogen) atoms. The lowest BCUT2D eigenvalue weighted by atomic mass is 9.80. The average molecular weight is 283 g/mol. The van der Waals surface area contributed by atoms with Gasteiger partial charge < -0.3 is 15.4 Å². The molecule has 4 nitrogen and oxygen atoms in total. The van der Waals surface area contributed by atoms with Crippen LogP contribution < -0.4 is 15.4 Å². The molecular weight excluding hydrogens is 264 g/mol. The molecule has 1 saturated heterocycles. The van der Waals surface area contributed by atoms with Gasteiger partial charge in [0.2, 0.25) is 5.91 Å². The minimum Gasteiger partial charge on any atom is -0.495 e. The zero-order valence-corrected chi connectivity index (χ0v) is 12.0. The van der Waals surface area contributed by atoms with Gasteiger partial charge in [0, 0.05) is 10.4 Å². The number of hydrogen-bond acceptors (Lipinski definition) is 3. The molecule has 0 aromatic heterocycles. The third kappa shape index (κ3) is 3.19. The van der Waals surface area contributed by atoms with E-state index in [0.29, 0.717) is 16.5 Å². The van der Waals surface area contributed by atoms with Crippen molar-refractivity contribution in [3.05, 3.63) is 23.2 Å². The van der Waals surface area contributed by atoms with Crippen LogP contribution in [-0.4, -0.2) is 26.1 Å². The van der Waals surface area contributed by atoms with Crippen molar-refractivity contribution in [2.75, 3.05) is 25.5 Å². The summed E-state index contributed by atoms with van der Waals surface area (Å²) < 4.78 is 5.24. The van der Waals surface area contributed by atoms with Crippen LogP contribution in [0.1, 0.15) is 19.8 Å². The zero-order valence-electron chi connectivity index (χ0n) is 11.3. The van der Waals surface area contributed by atoms with E-state index in [4.69, 9.17) is 16.3 Å². The summed E-state index contributed by atoms with van der Waals surface area (Å²) in [6.07, 6.45) is 1.67. The van der Waals surface area contributed by atoms with E-state index in [0.717, 1.165) is 25.9 Å². The van der Waals surface area contributed by atoms with Crippen molar-refractivity contribution in [3.8, 4) is 5.75 Å². The molecule has 1 heterocycles. The first kappa shape index (κ1) is 14.2. The van der Waals surface area contributed by atoms with Crippen LogP contribution in [0.4, 0.5) is 5.69 Å². The highest BCUT2D eigenvalue weighted by molar-refractivity contribution is 6.31. The lowest BCUT2D eigenvalue weighted by Crippen LogP contribution is -2.42. The van der Waals surface area contributed by atoms with E-state index in [9.17, 15) is 4.79 Å². The van der Waals surface area contributed by atoms with E-state index in [1.165, 1.54) is 0 Å². The van der Waals surface area contributed by atoms with Crippen molar-refractivity contribution < 1.29 is 9.53 Å². The Balaban J connectivity index is 2.16. The van der Waals surface area contributed by atoms with Gasteiger partial charge in [-0.3, -0.25) is 4.79 Å². The van der Waals surface area contributed by atoms with Gasteiger partial charge in [-0.25, -0.2) is 0 Å². The van der Waals surface area contributed by atoms with Gasteiger partial charge in [0.25, 0.3) is 0 Å². The van der Waals surface area contributed by atoms with E-state index in [1.807, 2.05) is 6.92 Å². The molecule has 2 rings (SSSR count). The molecule has 5 heteroatoms. The predicted molar refractivity (Wildman–Crippen MR) is 76.8 cm³/mol. The largest absolute Gasteiger partial charge is 0.495 e. The number of nitrogens with one attached hydrogen (secondary N) is 2. The summed E-state index contributed by atoms with van der Waals surface area (Å²) in [6.45, 7) is 3.74. The highest BCUT2D eigenvalue weighted by Gasteiger charge is 2.34. The van der Waals surface area contributed by atoms with Crippen molar-refractivity contribution in [3.63, 3.8) is 0 Å². The number of carbonyl (C=O) groups excluding carboxylic acids is 1. The second-order valence-corrected chi connectivity index (χ2v) is 5.55. The fourth-order valence-corrected chi connectivity index (χ4v) is 2.43. The third-order valence-corrected chi connectivity index (χ3v) is 3.90. The molecule has 0 spiro atoms. The quantitative estimate of drug-likeness (QED) is 0.896. The van der Waals surface area contributed by atoms with Gasteiger partial charge in [0.1, 0.15) is 5.75 Å². The Morgan fingerprint density at radius 3 is 2.74 bits per heavy atom. The van der Waals surface area contributed by atoms with E-state index < -0.39 is 0 Å². The Morgan fingerprint density at radius 1 is 1.42 bits per heavy atom. The van der Waals surface area contributed by atoms with Crippen LogP contribution in [-0.2, 0) is 4.79 Å². The summed E-state index contributed by atoms with van der Waals surface area (Å²) in [7, 11) is 1.57. The first-order chi connectivity index (χ1) is 9.05. The van der Waals surface area contributed by atoms with Crippen molar-refractivity contribution >= 4 is 23.2 Å². The Morgan fingerprint density at radius 2 is 2.11 bits per heavy atom. The molecule has 0 atom stereocenters. The molecule has 0 radical (unpaired) electrons. The topological polar surface area (TPSA) is 50.4 Å². The second kappa shape index (κ2) is 5.80. The summed E-state index contributed by atoms with van der Waals surface area (Å²) in [5.74, 6) is 0.643. The molecule has 104 valence electrons. The van der Waals surface area contributed by atoms with Crippen LogP contribution in [0.3, 0.4) is 0 Å². The van der Waals surface area contributed by atoms with Gasteiger partial charge in [0.15, 0.2) is 0 Å². The summed E-state index contributed by atoms with van der Waals surface area (Å²) >= 11 is 5.96. The highest BCUT2D eigenvalue weighted by Crippen LogP contribution is 2.33. The Hall–Kier alpha value is -1.26. The Kier molecular flexibility index (Phi) is 4.32. The third-order valence-electron chi connectivity index (χ3n) is 3.67. The average Bonchev–Trinajstić information content (AvgIpc) is 2.40. The normalized spacial score (nSPS) is 17.8. The van der Waals surface area contributed by atoms with Gasteiger partial charge in [0.05, 0.1) is 12.8 Å². The first-order valence-corrected chi connectivity index (χ1v) is 6.79.